The van der Waals surface area contributed by atoms with Gasteiger partial charge in [0.05, 0.1) is 16.4 Å². The van der Waals surface area contributed by atoms with Gasteiger partial charge < -0.3 is 4.74 Å². The molecule has 0 unspecified atom stereocenters. The van der Waals surface area contributed by atoms with Crippen LogP contribution >= 0.6 is 0 Å². The Bertz CT molecular complexity index is 1480. The lowest BCUT2D eigenvalue weighted by molar-refractivity contribution is 0.370. The molecule has 0 aliphatic rings. The van der Waals surface area contributed by atoms with Gasteiger partial charge in [-0.15, -0.1) is 0 Å². The lowest BCUT2D eigenvalue weighted by Crippen LogP contribution is -2.03. The molecule has 0 aromatic heterocycles. The van der Waals surface area contributed by atoms with E-state index in [1.165, 1.54) is 0 Å². The molecule has 0 amide bonds. The van der Waals surface area contributed by atoms with Gasteiger partial charge in [0.25, 0.3) is 25.9 Å². The van der Waals surface area contributed by atoms with Crippen molar-refractivity contribution < 1.29 is 48.2 Å². The van der Waals surface area contributed by atoms with Gasteiger partial charge in [0.2, 0.25) is 5.75 Å². The number of hydrogen-bond acceptors (Lipinski definition) is 5. The van der Waals surface area contributed by atoms with Crippen molar-refractivity contribution in [2.75, 3.05) is 0 Å². The Hall–Kier alpha value is -3.25. The highest BCUT2D eigenvalue weighted by Crippen LogP contribution is 2.40. The fourth-order valence-corrected chi connectivity index (χ4v) is 3.63. The summed E-state index contributed by atoms with van der Waals surface area (Å²) in [5, 5.41) is -0.520. The van der Waals surface area contributed by atoms with Gasteiger partial charge in [-0.3, -0.25) is 9.11 Å². The second kappa shape index (κ2) is 7.46. The van der Waals surface area contributed by atoms with Crippen LogP contribution in [0.3, 0.4) is 0 Å². The number of hydrogen-bond donors (Lipinski definition) is 2. The van der Waals surface area contributed by atoms with Crippen LogP contribution in [0.2, 0.25) is 0 Å². The molecule has 0 aliphatic heterocycles. The molecule has 0 heterocycles. The van der Waals surface area contributed by atoms with E-state index in [1.807, 2.05) is 0 Å². The van der Waals surface area contributed by atoms with Gasteiger partial charge in [-0.25, -0.2) is 22.4 Å². The van der Waals surface area contributed by atoms with E-state index in [0.29, 0.717) is 6.07 Å². The van der Waals surface area contributed by atoms with Crippen LogP contribution in [-0.4, -0.2) is 25.9 Å². The van der Waals surface area contributed by atoms with Gasteiger partial charge >= 0.3 is 0 Å². The van der Waals surface area contributed by atoms with Gasteiger partial charge in [0, 0.05) is 11.5 Å². The molecule has 2 N–H and O–H groups in total. The number of benzene rings is 3. The molecule has 3 aromatic rings. The number of ether oxygens (including phenoxy) is 1. The third-order valence-electron chi connectivity index (χ3n) is 3.98. The first-order valence-corrected chi connectivity index (χ1v) is 10.6. The van der Waals surface area contributed by atoms with Crippen molar-refractivity contribution >= 4 is 36.7 Å². The summed E-state index contributed by atoms with van der Waals surface area (Å²) in [4.78, 5) is 0.712. The summed E-state index contributed by atoms with van der Waals surface area (Å²) in [6.45, 7) is 6.59. The summed E-state index contributed by atoms with van der Waals surface area (Å²) in [7, 11) is -9.72. The maximum Gasteiger partial charge on any atom is 0.294 e. The quantitative estimate of drug-likeness (QED) is 0.250. The fourth-order valence-electron chi connectivity index (χ4n) is 2.58. The van der Waals surface area contributed by atoms with Gasteiger partial charge in [0.1, 0.15) is 5.75 Å². The third kappa shape index (κ3) is 4.03. The molecule has 0 saturated carbocycles. The smallest absolute Gasteiger partial charge is 0.294 e. The van der Waals surface area contributed by atoms with E-state index in [0.717, 1.165) is 24.3 Å². The van der Waals surface area contributed by atoms with E-state index in [9.17, 15) is 39.0 Å². The SMILES string of the molecule is [C-]#[N+]c1c(F)c(F)c(Oc2cc(S(=O)(=O)O)cc3cc(S(=O)(=O)O)ccc23)c(F)c1F. The minimum Gasteiger partial charge on any atom is -0.450 e. The lowest BCUT2D eigenvalue weighted by Gasteiger charge is -2.14. The molecule has 0 saturated heterocycles. The Morgan fingerprint density at radius 3 is 1.81 bits per heavy atom. The van der Waals surface area contributed by atoms with Crippen LogP contribution in [0, 0.1) is 29.8 Å². The van der Waals surface area contributed by atoms with Crippen molar-refractivity contribution in [1.82, 2.24) is 0 Å². The molecule has 0 radical (unpaired) electrons. The Morgan fingerprint density at radius 2 is 1.32 bits per heavy atom. The van der Waals surface area contributed by atoms with Crippen molar-refractivity contribution in [2.24, 2.45) is 0 Å². The molecule has 31 heavy (non-hydrogen) atoms. The molecule has 3 aromatic carbocycles. The van der Waals surface area contributed by atoms with E-state index in [-0.39, 0.29) is 10.8 Å². The molecule has 3 rings (SSSR count). The zero-order valence-electron chi connectivity index (χ0n) is 14.6. The summed E-state index contributed by atoms with van der Waals surface area (Å²) in [5.74, 6) is -10.7. The zero-order valence-corrected chi connectivity index (χ0v) is 16.2. The molecule has 0 fully saturated rings. The van der Waals surface area contributed by atoms with Crippen LogP contribution in [0.1, 0.15) is 0 Å². The Kier molecular flexibility index (Phi) is 5.40. The first kappa shape index (κ1) is 22.4. The molecular formula is C17H7F4NO7S2. The normalized spacial score (nSPS) is 12.0. The zero-order chi connectivity index (χ0) is 23.3. The molecular weight excluding hydrogens is 470 g/mol. The van der Waals surface area contributed by atoms with Crippen LogP contribution in [0.4, 0.5) is 23.2 Å². The summed E-state index contributed by atoms with van der Waals surface area (Å²) >= 11 is 0. The van der Waals surface area contributed by atoms with Gasteiger partial charge in [-0.1, -0.05) is 0 Å². The van der Waals surface area contributed by atoms with E-state index < -0.39 is 70.5 Å². The number of nitrogens with zero attached hydrogens (tertiary/aromatic N) is 1. The Morgan fingerprint density at radius 1 is 0.806 bits per heavy atom. The van der Waals surface area contributed by atoms with E-state index >= 15 is 0 Å². The highest BCUT2D eigenvalue weighted by molar-refractivity contribution is 7.86. The predicted molar refractivity (Wildman–Crippen MR) is 96.2 cm³/mol. The molecule has 0 bridgehead atoms. The first-order valence-electron chi connectivity index (χ1n) is 7.69. The second-order valence-electron chi connectivity index (χ2n) is 5.90. The van der Waals surface area contributed by atoms with Crippen LogP contribution in [-0.2, 0) is 20.2 Å². The third-order valence-corrected chi connectivity index (χ3v) is 5.66. The highest BCUT2D eigenvalue weighted by atomic mass is 32.2. The van der Waals surface area contributed by atoms with Crippen LogP contribution in [0.25, 0.3) is 15.6 Å². The minimum atomic E-state index is -4.97. The van der Waals surface area contributed by atoms with Crippen LogP contribution in [0.5, 0.6) is 11.5 Å². The molecule has 0 aliphatic carbocycles. The summed E-state index contributed by atoms with van der Waals surface area (Å²) in [6.07, 6.45) is 0. The molecule has 0 atom stereocenters. The van der Waals surface area contributed by atoms with Gasteiger partial charge in [-0.05, 0) is 29.7 Å². The Labute approximate surface area is 171 Å². The van der Waals surface area contributed by atoms with Crippen molar-refractivity contribution in [3.05, 3.63) is 65.0 Å². The highest BCUT2D eigenvalue weighted by Gasteiger charge is 2.28. The van der Waals surface area contributed by atoms with Crippen molar-refractivity contribution in [1.29, 1.82) is 0 Å². The predicted octanol–water partition coefficient (Wildman–Crippen LogP) is 4.23. The van der Waals surface area contributed by atoms with Gasteiger partial charge in [-0.2, -0.15) is 16.8 Å². The van der Waals surface area contributed by atoms with E-state index in [2.05, 4.69) is 4.85 Å². The molecule has 0 spiro atoms. The topological polar surface area (TPSA) is 122 Å². The number of fused-ring (bicyclic) bond motifs is 1. The fraction of sp³-hybridized carbons (Fsp3) is 0. The largest absolute Gasteiger partial charge is 0.450 e. The summed E-state index contributed by atoms with van der Waals surface area (Å²) in [5.41, 5.74) is -1.57. The molecule has 162 valence electrons. The lowest BCUT2D eigenvalue weighted by atomic mass is 10.1. The van der Waals surface area contributed by atoms with E-state index in [1.54, 1.807) is 0 Å². The average Bonchev–Trinajstić information content (AvgIpc) is 2.68. The second-order valence-corrected chi connectivity index (χ2v) is 8.75. The summed E-state index contributed by atoms with van der Waals surface area (Å²) < 4.78 is 125. The Balaban J connectivity index is 2.34. The number of halogens is 4. The maximum absolute atomic E-state index is 14.2. The van der Waals surface area contributed by atoms with E-state index in [4.69, 9.17) is 15.9 Å². The van der Waals surface area contributed by atoms with Crippen LogP contribution < -0.4 is 4.74 Å². The standard InChI is InChI=1S/C17H7F4NO7S2/c1-22-16-12(18)14(20)17(15(21)13(16)19)29-11-6-9(31(26,27)28)5-7-4-8(30(23,24)25)2-3-10(7)11/h2-6H,(H,23,24,25)(H,26,27,28). The van der Waals surface area contributed by atoms with Crippen molar-refractivity contribution in [2.45, 2.75) is 9.79 Å². The summed E-state index contributed by atoms with van der Waals surface area (Å²) in [6, 6.07) is 3.83. The van der Waals surface area contributed by atoms with Crippen molar-refractivity contribution in [3.8, 4) is 11.5 Å². The first-order chi connectivity index (χ1) is 14.3. The van der Waals surface area contributed by atoms with Gasteiger partial charge in [0.15, 0.2) is 23.3 Å². The average molecular weight is 477 g/mol. The monoisotopic (exact) mass is 477 g/mol. The minimum absolute atomic E-state index is 0.214. The van der Waals surface area contributed by atoms with Crippen LogP contribution in [0.15, 0.2) is 40.1 Å². The molecule has 8 nitrogen and oxygen atoms in total. The van der Waals surface area contributed by atoms with Crippen molar-refractivity contribution in [3.63, 3.8) is 0 Å². The molecule has 14 heteroatoms. The maximum atomic E-state index is 14.2. The number of rotatable bonds is 4.